The molecule has 0 aromatic heterocycles. The number of hydrogen-bond acceptors (Lipinski definition) is 4. The first-order chi connectivity index (χ1) is 10.9. The number of halogens is 3. The van der Waals surface area contributed by atoms with E-state index in [9.17, 15) is 18.0 Å². The number of alkyl halides is 3. The summed E-state index contributed by atoms with van der Waals surface area (Å²) in [5.41, 5.74) is -0.223. The summed E-state index contributed by atoms with van der Waals surface area (Å²) in [6, 6.07) is 3.25. The van der Waals surface area contributed by atoms with Gasteiger partial charge in [0.1, 0.15) is 0 Å². The Hall–Kier alpha value is -1.80. The lowest BCUT2D eigenvalue weighted by Gasteiger charge is -2.16. The van der Waals surface area contributed by atoms with Crippen LogP contribution >= 0.6 is 0 Å². The first-order valence-corrected chi connectivity index (χ1v) is 7.33. The number of amides is 1. The van der Waals surface area contributed by atoms with Gasteiger partial charge >= 0.3 is 6.18 Å². The van der Waals surface area contributed by atoms with Crippen LogP contribution in [0, 0.1) is 0 Å². The molecule has 0 heterocycles. The monoisotopic (exact) mass is 333 g/mol. The molecule has 23 heavy (non-hydrogen) atoms. The van der Waals surface area contributed by atoms with Crippen LogP contribution in [0.5, 0.6) is 0 Å². The minimum absolute atomic E-state index is 0.00712. The lowest BCUT2D eigenvalue weighted by molar-refractivity contribution is -0.137. The zero-order valence-electron chi connectivity index (χ0n) is 13.2. The molecule has 0 unspecified atom stereocenters. The Morgan fingerprint density at radius 2 is 1.96 bits per heavy atom. The largest absolute Gasteiger partial charge is 0.416 e. The highest BCUT2D eigenvalue weighted by Gasteiger charge is 2.31. The summed E-state index contributed by atoms with van der Waals surface area (Å²) in [6.07, 6.45) is -3.65. The van der Waals surface area contributed by atoms with E-state index < -0.39 is 17.6 Å². The summed E-state index contributed by atoms with van der Waals surface area (Å²) in [6.45, 7) is 3.45. The smallest absolute Gasteiger partial charge is 0.383 e. The fourth-order valence-electron chi connectivity index (χ4n) is 1.81. The normalized spacial score (nSPS) is 11.3. The second-order valence-electron chi connectivity index (χ2n) is 4.90. The van der Waals surface area contributed by atoms with E-state index in [1.807, 2.05) is 6.92 Å². The first-order valence-electron chi connectivity index (χ1n) is 7.33. The van der Waals surface area contributed by atoms with Crippen molar-refractivity contribution in [2.75, 3.05) is 44.0 Å². The molecule has 130 valence electrons. The number of rotatable bonds is 9. The molecule has 0 aliphatic heterocycles. The van der Waals surface area contributed by atoms with Crippen LogP contribution in [-0.4, -0.2) is 39.3 Å². The van der Waals surface area contributed by atoms with Crippen LogP contribution < -0.4 is 16.0 Å². The van der Waals surface area contributed by atoms with E-state index >= 15 is 0 Å². The van der Waals surface area contributed by atoms with Crippen molar-refractivity contribution < 1.29 is 22.7 Å². The van der Waals surface area contributed by atoms with E-state index in [4.69, 9.17) is 4.74 Å². The van der Waals surface area contributed by atoms with E-state index in [2.05, 4.69) is 16.0 Å². The van der Waals surface area contributed by atoms with Crippen molar-refractivity contribution in [2.45, 2.75) is 19.5 Å². The molecular formula is C15H22F3N3O2. The Labute approximate surface area is 133 Å². The quantitative estimate of drug-likeness (QED) is 0.608. The fourth-order valence-corrected chi connectivity index (χ4v) is 1.81. The molecule has 0 spiro atoms. The summed E-state index contributed by atoms with van der Waals surface area (Å²) in [5.74, 6) is -0.417. The average Bonchev–Trinajstić information content (AvgIpc) is 2.49. The molecule has 0 aliphatic carbocycles. The molecule has 0 fully saturated rings. The Kier molecular flexibility index (Phi) is 7.84. The van der Waals surface area contributed by atoms with Crippen LogP contribution in [0.4, 0.5) is 24.5 Å². The van der Waals surface area contributed by atoms with Crippen LogP contribution in [0.1, 0.15) is 18.9 Å². The van der Waals surface area contributed by atoms with E-state index in [0.29, 0.717) is 25.4 Å². The van der Waals surface area contributed by atoms with Gasteiger partial charge in [0.2, 0.25) is 5.91 Å². The lowest BCUT2D eigenvalue weighted by Crippen LogP contribution is -2.30. The number of anilines is 2. The summed E-state index contributed by atoms with van der Waals surface area (Å²) in [4.78, 5) is 11.8. The zero-order valence-corrected chi connectivity index (χ0v) is 13.2. The number of carbonyl (C=O) groups is 1. The number of nitrogens with one attached hydrogen (secondary N) is 3. The molecule has 1 aromatic rings. The number of hydrogen-bond donors (Lipinski definition) is 3. The van der Waals surface area contributed by atoms with Crippen LogP contribution in [-0.2, 0) is 15.7 Å². The molecule has 0 radical (unpaired) electrons. The van der Waals surface area contributed by atoms with E-state index in [1.165, 1.54) is 13.2 Å². The molecule has 0 atom stereocenters. The third-order valence-electron chi connectivity index (χ3n) is 2.95. The van der Waals surface area contributed by atoms with Gasteiger partial charge in [-0.1, -0.05) is 6.92 Å². The van der Waals surface area contributed by atoms with Gasteiger partial charge in [-0.25, -0.2) is 0 Å². The highest BCUT2D eigenvalue weighted by molar-refractivity contribution is 5.95. The maximum absolute atomic E-state index is 12.8. The predicted molar refractivity (Wildman–Crippen MR) is 83.6 cm³/mol. The second kappa shape index (κ2) is 9.36. The summed E-state index contributed by atoms with van der Waals surface area (Å²) in [7, 11) is 1.54. The highest BCUT2D eigenvalue weighted by Crippen LogP contribution is 2.34. The number of ether oxygens (including phenoxy) is 1. The minimum atomic E-state index is -4.46. The van der Waals surface area contributed by atoms with E-state index in [1.54, 1.807) is 0 Å². The van der Waals surface area contributed by atoms with Gasteiger partial charge in [-0.15, -0.1) is 0 Å². The van der Waals surface area contributed by atoms with Gasteiger partial charge in [-0.2, -0.15) is 13.2 Å². The highest BCUT2D eigenvalue weighted by atomic mass is 19.4. The average molecular weight is 333 g/mol. The maximum atomic E-state index is 12.8. The van der Waals surface area contributed by atoms with Crippen LogP contribution in [0.15, 0.2) is 18.2 Å². The van der Waals surface area contributed by atoms with Crippen LogP contribution in [0.25, 0.3) is 0 Å². The Morgan fingerprint density at radius 3 is 2.57 bits per heavy atom. The van der Waals surface area contributed by atoms with Gasteiger partial charge in [0.25, 0.3) is 0 Å². The Balaban J connectivity index is 2.80. The van der Waals surface area contributed by atoms with Gasteiger partial charge in [-0.3, -0.25) is 4.79 Å². The molecule has 0 saturated carbocycles. The molecule has 0 bridgehead atoms. The van der Waals surface area contributed by atoms with Crippen molar-refractivity contribution >= 4 is 17.3 Å². The van der Waals surface area contributed by atoms with E-state index in [0.717, 1.165) is 18.6 Å². The third kappa shape index (κ3) is 6.87. The summed E-state index contributed by atoms with van der Waals surface area (Å²) in [5, 5.41) is 8.34. The van der Waals surface area contributed by atoms with Crippen molar-refractivity contribution in [3.8, 4) is 0 Å². The maximum Gasteiger partial charge on any atom is 0.416 e. The molecule has 5 nitrogen and oxygen atoms in total. The van der Waals surface area contributed by atoms with Gasteiger partial charge < -0.3 is 20.7 Å². The standard InChI is InChI=1S/C15H22F3N3O2/c1-3-6-20-12-5-4-11(15(16,17)18)9-13(12)21-14(22)10-19-7-8-23-2/h4-5,9,19-20H,3,6-8,10H2,1-2H3,(H,21,22). The predicted octanol–water partition coefficient (Wildman–Crippen LogP) is 2.70. The molecule has 1 amide bonds. The molecular weight excluding hydrogens is 311 g/mol. The van der Waals surface area contributed by atoms with Gasteiger partial charge in [-0.05, 0) is 24.6 Å². The van der Waals surface area contributed by atoms with Gasteiger partial charge in [0.05, 0.1) is 30.1 Å². The van der Waals surface area contributed by atoms with Crippen LogP contribution in [0.2, 0.25) is 0 Å². The molecule has 0 saturated heterocycles. The molecule has 1 aromatic carbocycles. The van der Waals surface area contributed by atoms with Gasteiger partial charge in [0, 0.05) is 20.2 Å². The number of benzene rings is 1. The first kappa shape index (κ1) is 19.2. The molecule has 3 N–H and O–H groups in total. The van der Waals surface area contributed by atoms with Crippen LogP contribution in [0.3, 0.4) is 0 Å². The molecule has 1 rings (SSSR count). The number of carbonyl (C=O) groups excluding carboxylic acids is 1. The van der Waals surface area contributed by atoms with Crippen molar-refractivity contribution in [3.05, 3.63) is 23.8 Å². The fraction of sp³-hybridized carbons (Fsp3) is 0.533. The van der Waals surface area contributed by atoms with Crippen molar-refractivity contribution in [1.82, 2.24) is 5.32 Å². The van der Waals surface area contributed by atoms with Gasteiger partial charge in [0.15, 0.2) is 0 Å². The minimum Gasteiger partial charge on any atom is -0.383 e. The topological polar surface area (TPSA) is 62.4 Å². The lowest BCUT2D eigenvalue weighted by atomic mass is 10.1. The SMILES string of the molecule is CCCNc1ccc(C(F)(F)F)cc1NC(=O)CNCCOC. The summed E-state index contributed by atoms with van der Waals surface area (Å²) >= 11 is 0. The summed E-state index contributed by atoms with van der Waals surface area (Å²) < 4.78 is 43.3. The Bertz CT molecular complexity index is 507. The molecule has 0 aliphatic rings. The zero-order chi connectivity index (χ0) is 17.3. The van der Waals surface area contributed by atoms with Crippen molar-refractivity contribution in [3.63, 3.8) is 0 Å². The Morgan fingerprint density at radius 1 is 1.22 bits per heavy atom. The van der Waals surface area contributed by atoms with Crippen molar-refractivity contribution in [2.24, 2.45) is 0 Å². The van der Waals surface area contributed by atoms with Crippen molar-refractivity contribution in [1.29, 1.82) is 0 Å². The second-order valence-corrected chi connectivity index (χ2v) is 4.90. The number of methoxy groups -OCH3 is 1. The molecule has 8 heteroatoms. The third-order valence-corrected chi connectivity index (χ3v) is 2.95. The van der Waals surface area contributed by atoms with E-state index in [-0.39, 0.29) is 12.2 Å².